The summed E-state index contributed by atoms with van der Waals surface area (Å²) in [6.45, 7) is 0. The molecule has 0 aliphatic heterocycles. The number of benzene rings is 1. The molecule has 1 aromatic carbocycles. The molecule has 0 radical (unpaired) electrons. The number of alkyl halides is 3. The molecule has 16 heavy (non-hydrogen) atoms. The second kappa shape index (κ2) is 4.63. The van der Waals surface area contributed by atoms with Crippen LogP contribution < -0.4 is 0 Å². The number of esters is 1. The van der Waals surface area contributed by atoms with Gasteiger partial charge in [-0.15, -0.1) is 0 Å². The zero-order valence-electron chi connectivity index (χ0n) is 7.86. The highest BCUT2D eigenvalue weighted by Gasteiger charge is 2.36. The first-order valence-corrected chi connectivity index (χ1v) is 5.09. The van der Waals surface area contributed by atoms with Crippen molar-refractivity contribution < 1.29 is 22.7 Å². The molecule has 0 aliphatic carbocycles. The molecular weight excluding hydrogens is 312 g/mol. The molecule has 0 unspecified atom stereocenters. The van der Waals surface area contributed by atoms with Crippen LogP contribution in [-0.4, -0.2) is 13.1 Å². The summed E-state index contributed by atoms with van der Waals surface area (Å²) in [5.41, 5.74) is -1.70. The van der Waals surface area contributed by atoms with Gasteiger partial charge >= 0.3 is 12.1 Å². The van der Waals surface area contributed by atoms with Gasteiger partial charge in [0.15, 0.2) is 0 Å². The Morgan fingerprint density at radius 1 is 1.44 bits per heavy atom. The Bertz CT molecular complexity index is 431. The summed E-state index contributed by atoms with van der Waals surface area (Å²) in [7, 11) is 1.00. The lowest BCUT2D eigenvalue weighted by atomic mass is 10.1. The van der Waals surface area contributed by atoms with Crippen LogP contribution in [0.1, 0.15) is 15.9 Å². The van der Waals surface area contributed by atoms with Crippen LogP contribution in [0.15, 0.2) is 16.6 Å². The van der Waals surface area contributed by atoms with E-state index in [2.05, 4.69) is 20.7 Å². The lowest BCUT2D eigenvalue weighted by Gasteiger charge is -2.12. The number of ether oxygens (including phenoxy) is 1. The highest BCUT2D eigenvalue weighted by atomic mass is 79.9. The molecule has 0 amide bonds. The van der Waals surface area contributed by atoms with Crippen molar-refractivity contribution in [2.45, 2.75) is 6.18 Å². The van der Waals surface area contributed by atoms with Crippen molar-refractivity contribution in [1.82, 2.24) is 0 Å². The quantitative estimate of drug-likeness (QED) is 0.734. The van der Waals surface area contributed by atoms with E-state index in [4.69, 9.17) is 11.6 Å². The molecule has 1 rings (SSSR count). The van der Waals surface area contributed by atoms with Gasteiger partial charge in [0, 0.05) is 4.47 Å². The summed E-state index contributed by atoms with van der Waals surface area (Å²) in [6, 6.07) is 1.66. The minimum atomic E-state index is -4.66. The lowest BCUT2D eigenvalue weighted by Crippen LogP contribution is -2.14. The van der Waals surface area contributed by atoms with Crippen molar-refractivity contribution in [2.24, 2.45) is 0 Å². The van der Waals surface area contributed by atoms with E-state index in [1.807, 2.05) is 0 Å². The molecule has 2 nitrogen and oxygen atoms in total. The average Bonchev–Trinajstić information content (AvgIpc) is 2.18. The van der Waals surface area contributed by atoms with Crippen LogP contribution in [0, 0.1) is 0 Å². The highest BCUT2D eigenvalue weighted by Crippen LogP contribution is 2.37. The predicted octanol–water partition coefficient (Wildman–Crippen LogP) is 3.91. The van der Waals surface area contributed by atoms with Crippen LogP contribution in [0.4, 0.5) is 13.2 Å². The standard InChI is InChI=1S/C9H5BrClF3O2/c1-16-8(15)4-2-6(10)7(11)3-5(4)9(12,13)14/h2-3H,1H3. The normalized spacial score (nSPS) is 11.4. The Kier molecular flexibility index (Phi) is 3.85. The Labute approximate surface area is 102 Å². The second-order valence-corrected chi connectivity index (χ2v) is 4.06. The van der Waals surface area contributed by atoms with Crippen LogP contribution in [0.5, 0.6) is 0 Å². The van der Waals surface area contributed by atoms with E-state index in [0.29, 0.717) is 6.07 Å². The molecule has 1 aromatic rings. The van der Waals surface area contributed by atoms with E-state index < -0.39 is 23.3 Å². The van der Waals surface area contributed by atoms with Crippen LogP contribution in [0.25, 0.3) is 0 Å². The van der Waals surface area contributed by atoms with Crippen LogP contribution in [0.2, 0.25) is 5.02 Å². The van der Waals surface area contributed by atoms with E-state index in [0.717, 1.165) is 13.2 Å². The summed E-state index contributed by atoms with van der Waals surface area (Å²) in [6.07, 6.45) is -4.66. The molecule has 0 atom stereocenters. The van der Waals surface area contributed by atoms with Crippen LogP contribution >= 0.6 is 27.5 Å². The zero-order chi connectivity index (χ0) is 12.5. The van der Waals surface area contributed by atoms with Crippen LogP contribution in [-0.2, 0) is 10.9 Å². The van der Waals surface area contributed by atoms with Crippen molar-refractivity contribution in [3.8, 4) is 0 Å². The van der Waals surface area contributed by atoms with E-state index in [1.165, 1.54) is 0 Å². The molecule has 0 saturated carbocycles. The Hall–Kier alpha value is -0.750. The van der Waals surface area contributed by atoms with Gasteiger partial charge in [0.1, 0.15) is 0 Å². The smallest absolute Gasteiger partial charge is 0.417 e. The molecule has 0 N–H and O–H groups in total. The van der Waals surface area contributed by atoms with Gasteiger partial charge in [0.2, 0.25) is 0 Å². The third kappa shape index (κ3) is 2.68. The van der Waals surface area contributed by atoms with Gasteiger partial charge in [-0.05, 0) is 28.1 Å². The fourth-order valence-corrected chi connectivity index (χ4v) is 1.57. The molecule has 7 heteroatoms. The fourth-order valence-electron chi connectivity index (χ4n) is 1.06. The van der Waals surface area contributed by atoms with Crippen LogP contribution in [0.3, 0.4) is 0 Å². The average molecular weight is 317 g/mol. The minimum Gasteiger partial charge on any atom is -0.465 e. The van der Waals surface area contributed by atoms with E-state index in [9.17, 15) is 18.0 Å². The number of methoxy groups -OCH3 is 1. The summed E-state index contributed by atoms with van der Waals surface area (Å²) < 4.78 is 42.2. The minimum absolute atomic E-state index is 0.125. The molecule has 0 aromatic heterocycles. The molecule has 0 heterocycles. The van der Waals surface area contributed by atoms with Crippen molar-refractivity contribution in [2.75, 3.05) is 7.11 Å². The number of rotatable bonds is 1. The van der Waals surface area contributed by atoms with Crippen molar-refractivity contribution in [3.05, 3.63) is 32.8 Å². The second-order valence-electron chi connectivity index (χ2n) is 2.80. The molecule has 0 bridgehead atoms. The van der Waals surface area contributed by atoms with Crippen molar-refractivity contribution in [3.63, 3.8) is 0 Å². The van der Waals surface area contributed by atoms with E-state index >= 15 is 0 Å². The molecular formula is C9H5BrClF3O2. The lowest BCUT2D eigenvalue weighted by molar-refractivity contribution is -0.138. The van der Waals surface area contributed by atoms with Gasteiger partial charge in [0.05, 0.1) is 23.3 Å². The van der Waals surface area contributed by atoms with E-state index in [-0.39, 0.29) is 9.50 Å². The summed E-state index contributed by atoms with van der Waals surface area (Å²) >= 11 is 8.48. The third-order valence-electron chi connectivity index (χ3n) is 1.77. The fraction of sp³-hybridized carbons (Fsp3) is 0.222. The van der Waals surface area contributed by atoms with Gasteiger partial charge < -0.3 is 4.74 Å². The first-order valence-electron chi connectivity index (χ1n) is 3.92. The van der Waals surface area contributed by atoms with Gasteiger partial charge in [0.25, 0.3) is 0 Å². The Morgan fingerprint density at radius 3 is 2.44 bits per heavy atom. The maximum atomic E-state index is 12.6. The van der Waals surface area contributed by atoms with Crippen molar-refractivity contribution >= 4 is 33.5 Å². The topological polar surface area (TPSA) is 26.3 Å². The Balaban J connectivity index is 3.45. The maximum absolute atomic E-state index is 12.6. The summed E-state index contributed by atoms with van der Waals surface area (Å²) in [4.78, 5) is 11.2. The highest BCUT2D eigenvalue weighted by molar-refractivity contribution is 9.10. The molecule has 0 saturated heterocycles. The summed E-state index contributed by atoms with van der Waals surface area (Å²) in [5, 5.41) is -0.125. The number of hydrogen-bond donors (Lipinski definition) is 0. The van der Waals surface area contributed by atoms with Crippen molar-refractivity contribution in [1.29, 1.82) is 0 Å². The number of hydrogen-bond acceptors (Lipinski definition) is 2. The SMILES string of the molecule is COC(=O)c1cc(Br)c(Cl)cc1C(F)(F)F. The molecule has 0 spiro atoms. The molecule has 0 fully saturated rings. The van der Waals surface area contributed by atoms with E-state index in [1.54, 1.807) is 0 Å². The monoisotopic (exact) mass is 316 g/mol. The third-order valence-corrected chi connectivity index (χ3v) is 2.97. The largest absolute Gasteiger partial charge is 0.465 e. The van der Waals surface area contributed by atoms with Gasteiger partial charge in [-0.25, -0.2) is 4.79 Å². The Morgan fingerprint density at radius 2 is 2.00 bits per heavy atom. The number of halogens is 5. The predicted molar refractivity (Wildman–Crippen MR) is 55.5 cm³/mol. The first kappa shape index (κ1) is 13.3. The number of carbonyl (C=O) groups is 1. The van der Waals surface area contributed by atoms with Gasteiger partial charge in [-0.2, -0.15) is 13.2 Å². The number of carbonyl (C=O) groups excluding carboxylic acids is 1. The van der Waals surface area contributed by atoms with Gasteiger partial charge in [-0.3, -0.25) is 0 Å². The molecule has 88 valence electrons. The summed E-state index contributed by atoms with van der Waals surface area (Å²) in [5.74, 6) is -1.07. The maximum Gasteiger partial charge on any atom is 0.417 e. The van der Waals surface area contributed by atoms with Gasteiger partial charge in [-0.1, -0.05) is 11.6 Å². The zero-order valence-corrected chi connectivity index (χ0v) is 10.2. The molecule has 0 aliphatic rings. The first-order chi connectivity index (χ1) is 7.27.